The maximum atomic E-state index is 13.0. The predicted molar refractivity (Wildman–Crippen MR) is 113 cm³/mol. The first-order valence-electron chi connectivity index (χ1n) is 5.25. The van der Waals surface area contributed by atoms with Gasteiger partial charge in [-0.1, -0.05) is 0 Å². The van der Waals surface area contributed by atoms with Crippen LogP contribution in [-0.2, 0) is 9.84 Å². The highest BCUT2D eigenvalue weighted by Gasteiger charge is 2.29. The summed E-state index contributed by atoms with van der Waals surface area (Å²) in [4.78, 5) is 0.339. The van der Waals surface area contributed by atoms with Crippen molar-refractivity contribution >= 4 is 100 Å². The molecule has 9 heteroatoms. The van der Waals surface area contributed by atoms with Gasteiger partial charge in [0.15, 0.2) is 0 Å². The average Bonchev–Trinajstić information content (AvgIpc) is 2.23. The molecule has 0 bridgehead atoms. The van der Waals surface area contributed by atoms with Crippen molar-refractivity contribution in [3.05, 3.63) is 38.5 Å². The van der Waals surface area contributed by atoms with Gasteiger partial charge in [0, 0.05) is 14.3 Å². The summed E-state index contributed by atoms with van der Waals surface area (Å²) in [6.07, 6.45) is 0. The summed E-state index contributed by atoms with van der Waals surface area (Å²) >= 11 is 7.58. The van der Waals surface area contributed by atoms with Crippen molar-refractivity contribution in [2.24, 2.45) is 0 Å². The van der Waals surface area contributed by atoms with Crippen molar-refractivity contribution in [3.63, 3.8) is 0 Å². The third-order valence-electron chi connectivity index (χ3n) is 2.50. The van der Waals surface area contributed by atoms with Crippen LogP contribution < -0.4 is 0 Å². The first-order valence-corrected chi connectivity index (χ1v) is 11.1. The standard InChI is InChI=1S/C12H6I4O4S/c13-7-1-5(17)2-8(14)11(7)21(19,20)12-9(15)3-6(18)4-10(12)16/h1-4,17-18H. The smallest absolute Gasteiger partial charge is 0.210 e. The van der Waals surface area contributed by atoms with Gasteiger partial charge in [-0.05, 0) is 115 Å². The van der Waals surface area contributed by atoms with E-state index in [-0.39, 0.29) is 21.3 Å². The largest absolute Gasteiger partial charge is 0.508 e. The number of hydrogen-bond donors (Lipinski definition) is 2. The molecule has 0 saturated carbocycles. The molecule has 0 aromatic heterocycles. The lowest BCUT2D eigenvalue weighted by atomic mass is 10.3. The Morgan fingerprint density at radius 1 is 0.667 bits per heavy atom. The first kappa shape index (κ1) is 18.3. The summed E-state index contributed by atoms with van der Waals surface area (Å²) in [5.74, 6) is 0.0516. The highest BCUT2D eigenvalue weighted by molar-refractivity contribution is 14.1. The summed E-state index contributed by atoms with van der Waals surface area (Å²) in [6, 6.07) is 5.65. The third-order valence-corrected chi connectivity index (χ3v) is 9.33. The minimum absolute atomic E-state index is 0.0258. The normalized spacial score (nSPS) is 11.6. The first-order chi connectivity index (χ1) is 9.64. The molecule has 0 aliphatic rings. The van der Waals surface area contributed by atoms with E-state index in [0.29, 0.717) is 14.3 Å². The molecule has 112 valence electrons. The molecule has 2 N–H and O–H groups in total. The zero-order valence-electron chi connectivity index (χ0n) is 9.94. The molecule has 0 aliphatic heterocycles. The number of aromatic hydroxyl groups is 2. The van der Waals surface area contributed by atoms with Gasteiger partial charge in [0.25, 0.3) is 0 Å². The van der Waals surface area contributed by atoms with Crippen LogP contribution in [0.4, 0.5) is 0 Å². The topological polar surface area (TPSA) is 74.6 Å². The molecule has 2 aromatic rings. The number of benzene rings is 2. The molecule has 0 radical (unpaired) electrons. The number of phenolic OH excluding ortho intramolecular Hbond substituents is 2. The fraction of sp³-hybridized carbons (Fsp3) is 0. The van der Waals surface area contributed by atoms with Crippen molar-refractivity contribution in [3.8, 4) is 11.5 Å². The lowest BCUT2D eigenvalue weighted by molar-refractivity contribution is 0.473. The molecule has 0 heterocycles. The lowest BCUT2D eigenvalue weighted by Crippen LogP contribution is -2.10. The average molecular weight is 754 g/mol. The predicted octanol–water partition coefficient (Wildman–Crippen LogP) is 4.35. The van der Waals surface area contributed by atoms with Crippen LogP contribution in [-0.4, -0.2) is 18.6 Å². The Bertz CT molecular complexity index is 724. The molecule has 0 unspecified atom stereocenters. The van der Waals surface area contributed by atoms with Crippen LogP contribution in [0.25, 0.3) is 0 Å². The van der Waals surface area contributed by atoms with Crippen molar-refractivity contribution in [2.75, 3.05) is 0 Å². The van der Waals surface area contributed by atoms with E-state index >= 15 is 0 Å². The second-order valence-corrected chi connectivity index (χ2v) is 10.5. The van der Waals surface area contributed by atoms with Gasteiger partial charge in [0.1, 0.15) is 11.5 Å². The van der Waals surface area contributed by atoms with Gasteiger partial charge in [0.2, 0.25) is 9.84 Å². The van der Waals surface area contributed by atoms with Crippen molar-refractivity contribution in [2.45, 2.75) is 9.79 Å². The van der Waals surface area contributed by atoms with Crippen LogP contribution in [0.2, 0.25) is 0 Å². The zero-order valence-corrected chi connectivity index (χ0v) is 19.4. The SMILES string of the molecule is O=S(=O)(c1c(I)cc(O)cc1I)c1c(I)cc(O)cc1I. The van der Waals surface area contributed by atoms with Gasteiger partial charge in [0.05, 0.1) is 9.79 Å². The van der Waals surface area contributed by atoms with Crippen LogP contribution >= 0.6 is 90.4 Å². The van der Waals surface area contributed by atoms with Gasteiger partial charge >= 0.3 is 0 Å². The maximum Gasteiger partial charge on any atom is 0.210 e. The third kappa shape index (κ3) is 3.71. The Morgan fingerprint density at radius 3 is 1.14 bits per heavy atom. The Balaban J connectivity index is 2.81. The molecule has 0 saturated heterocycles. The molecule has 21 heavy (non-hydrogen) atoms. The molecule has 4 nitrogen and oxygen atoms in total. The van der Waals surface area contributed by atoms with Gasteiger partial charge in [-0.25, -0.2) is 8.42 Å². The summed E-state index contributed by atoms with van der Waals surface area (Å²) < 4.78 is 27.7. The van der Waals surface area contributed by atoms with Gasteiger partial charge in [-0.15, -0.1) is 0 Å². The molecule has 0 aliphatic carbocycles. The van der Waals surface area contributed by atoms with E-state index in [9.17, 15) is 18.6 Å². The lowest BCUT2D eigenvalue weighted by Gasteiger charge is -2.13. The molecule has 2 rings (SSSR count). The van der Waals surface area contributed by atoms with Crippen molar-refractivity contribution in [1.29, 1.82) is 0 Å². The Kier molecular flexibility index (Phi) is 5.91. The minimum Gasteiger partial charge on any atom is -0.508 e. The van der Waals surface area contributed by atoms with Crippen LogP contribution in [0, 0.1) is 14.3 Å². The number of hydrogen-bond acceptors (Lipinski definition) is 4. The summed E-state index contributed by atoms with van der Waals surface area (Å²) in [6.45, 7) is 0. The van der Waals surface area contributed by atoms with E-state index in [1.807, 2.05) is 90.4 Å². The second-order valence-electron chi connectivity index (χ2n) is 3.98. The Labute approximate surface area is 176 Å². The van der Waals surface area contributed by atoms with E-state index in [1.165, 1.54) is 24.3 Å². The summed E-state index contributed by atoms with van der Waals surface area (Å²) in [5.41, 5.74) is 0. The van der Waals surface area contributed by atoms with E-state index in [0.717, 1.165) is 0 Å². The fourth-order valence-electron chi connectivity index (χ4n) is 1.71. The van der Waals surface area contributed by atoms with Crippen LogP contribution in [0.1, 0.15) is 0 Å². The van der Waals surface area contributed by atoms with E-state index < -0.39 is 9.84 Å². The minimum atomic E-state index is -3.75. The molecule has 2 aromatic carbocycles. The van der Waals surface area contributed by atoms with Crippen LogP contribution in [0.3, 0.4) is 0 Å². The quantitative estimate of drug-likeness (QED) is 0.448. The van der Waals surface area contributed by atoms with Gasteiger partial charge in [-0.2, -0.15) is 0 Å². The molecular weight excluding hydrogens is 748 g/mol. The van der Waals surface area contributed by atoms with Gasteiger partial charge < -0.3 is 10.2 Å². The number of rotatable bonds is 2. The summed E-state index contributed by atoms with van der Waals surface area (Å²) in [7, 11) is -3.75. The van der Waals surface area contributed by atoms with E-state index in [2.05, 4.69) is 0 Å². The maximum absolute atomic E-state index is 13.0. The highest BCUT2D eigenvalue weighted by atomic mass is 127. The number of phenols is 2. The summed E-state index contributed by atoms with van der Waals surface area (Å²) in [5, 5.41) is 19.1. The van der Waals surface area contributed by atoms with Gasteiger partial charge in [-0.3, -0.25) is 0 Å². The second kappa shape index (κ2) is 6.80. The van der Waals surface area contributed by atoms with Crippen LogP contribution in [0.5, 0.6) is 11.5 Å². The van der Waals surface area contributed by atoms with Crippen molar-refractivity contribution in [1.82, 2.24) is 0 Å². The fourth-order valence-corrected chi connectivity index (χ4v) is 10.1. The molecule has 0 spiro atoms. The molecule has 0 atom stereocenters. The monoisotopic (exact) mass is 754 g/mol. The van der Waals surface area contributed by atoms with Crippen molar-refractivity contribution < 1.29 is 18.6 Å². The van der Waals surface area contributed by atoms with Crippen LogP contribution in [0.15, 0.2) is 34.1 Å². The Morgan fingerprint density at radius 2 is 0.905 bits per heavy atom. The molecular formula is C12H6I4O4S. The van der Waals surface area contributed by atoms with E-state index in [4.69, 9.17) is 0 Å². The molecule has 0 amide bonds. The number of sulfone groups is 1. The zero-order chi connectivity index (χ0) is 15.9. The highest BCUT2D eigenvalue weighted by Crippen LogP contribution is 2.37. The van der Waals surface area contributed by atoms with E-state index in [1.54, 1.807) is 0 Å². The Hall–Kier alpha value is 0.910. The number of halogens is 4. The molecule has 0 fully saturated rings.